The second-order valence-corrected chi connectivity index (χ2v) is 10.1. The van der Waals surface area contributed by atoms with Crippen molar-refractivity contribution in [3.8, 4) is 0 Å². The molecule has 154 valence electrons. The smallest absolute Gasteiger partial charge is 0.243 e. The first-order chi connectivity index (χ1) is 13.8. The summed E-state index contributed by atoms with van der Waals surface area (Å²) in [7, 11) is -3.62. The van der Waals surface area contributed by atoms with Gasteiger partial charge >= 0.3 is 0 Å². The second kappa shape index (κ2) is 7.70. The van der Waals surface area contributed by atoms with E-state index in [1.54, 1.807) is 23.1 Å². The van der Waals surface area contributed by atoms with E-state index in [0.717, 1.165) is 16.9 Å². The standard InChI is InChI=1S/C20H21BrFN3O3S/c1-14(26)25-5-4-15-10-19(2-3-20(15)25)29(27,28)24-8-6-23(7-9-24)18-12-16(21)11-17(22)13-18/h2-3,10-13H,4-9H2,1H3. The highest BCUT2D eigenvalue weighted by molar-refractivity contribution is 9.10. The van der Waals surface area contributed by atoms with Crippen molar-refractivity contribution in [2.24, 2.45) is 0 Å². The van der Waals surface area contributed by atoms with Gasteiger partial charge in [-0.2, -0.15) is 4.31 Å². The van der Waals surface area contributed by atoms with Crippen LogP contribution in [0.2, 0.25) is 0 Å². The molecule has 0 radical (unpaired) electrons. The van der Waals surface area contributed by atoms with E-state index in [0.29, 0.717) is 43.6 Å². The van der Waals surface area contributed by atoms with Crippen molar-refractivity contribution in [3.05, 3.63) is 52.3 Å². The molecule has 2 aromatic rings. The predicted molar refractivity (Wildman–Crippen MR) is 113 cm³/mol. The number of rotatable bonds is 3. The van der Waals surface area contributed by atoms with E-state index in [1.807, 2.05) is 11.0 Å². The molecule has 0 unspecified atom stereocenters. The minimum atomic E-state index is -3.62. The number of sulfonamides is 1. The average Bonchev–Trinajstić information content (AvgIpc) is 3.11. The van der Waals surface area contributed by atoms with Crippen LogP contribution in [0.15, 0.2) is 45.8 Å². The first-order valence-corrected chi connectivity index (χ1v) is 11.6. The number of carbonyl (C=O) groups is 1. The Kier molecular flexibility index (Phi) is 5.39. The Morgan fingerprint density at radius 2 is 1.76 bits per heavy atom. The van der Waals surface area contributed by atoms with Gasteiger partial charge in [0.15, 0.2) is 0 Å². The summed E-state index contributed by atoms with van der Waals surface area (Å²) in [6.45, 7) is 3.71. The maximum Gasteiger partial charge on any atom is 0.243 e. The van der Waals surface area contributed by atoms with E-state index in [9.17, 15) is 17.6 Å². The number of nitrogens with zero attached hydrogens (tertiary/aromatic N) is 3. The lowest BCUT2D eigenvalue weighted by atomic mass is 10.2. The van der Waals surface area contributed by atoms with Crippen molar-refractivity contribution in [2.45, 2.75) is 18.2 Å². The summed E-state index contributed by atoms with van der Waals surface area (Å²) in [5.41, 5.74) is 2.40. The van der Waals surface area contributed by atoms with Gasteiger partial charge in [-0.25, -0.2) is 12.8 Å². The maximum absolute atomic E-state index is 13.7. The summed E-state index contributed by atoms with van der Waals surface area (Å²) in [6, 6.07) is 9.66. The molecule has 9 heteroatoms. The SMILES string of the molecule is CC(=O)N1CCc2cc(S(=O)(=O)N3CCN(c4cc(F)cc(Br)c4)CC3)ccc21. The predicted octanol–water partition coefficient (Wildman–Crippen LogP) is 3.01. The molecule has 1 amide bonds. The first-order valence-electron chi connectivity index (χ1n) is 9.38. The number of benzene rings is 2. The molecule has 2 aliphatic rings. The Hall–Kier alpha value is -1.97. The fraction of sp³-hybridized carbons (Fsp3) is 0.350. The lowest BCUT2D eigenvalue weighted by Gasteiger charge is -2.35. The fourth-order valence-corrected chi connectivity index (χ4v) is 5.85. The summed E-state index contributed by atoms with van der Waals surface area (Å²) in [5, 5.41) is 0. The lowest BCUT2D eigenvalue weighted by Crippen LogP contribution is -2.48. The number of piperazine rings is 1. The van der Waals surface area contributed by atoms with E-state index in [1.165, 1.54) is 23.4 Å². The molecule has 4 rings (SSSR count). The van der Waals surface area contributed by atoms with Crippen LogP contribution in [-0.4, -0.2) is 51.4 Å². The number of hydrogen-bond donors (Lipinski definition) is 0. The van der Waals surface area contributed by atoms with Gasteiger partial charge in [0.2, 0.25) is 15.9 Å². The maximum atomic E-state index is 13.7. The molecule has 0 atom stereocenters. The van der Waals surface area contributed by atoms with E-state index in [-0.39, 0.29) is 16.6 Å². The molecular weight excluding hydrogens is 461 g/mol. The van der Waals surface area contributed by atoms with Gasteiger partial charge in [0.05, 0.1) is 4.90 Å². The van der Waals surface area contributed by atoms with Crippen LogP contribution in [0.3, 0.4) is 0 Å². The van der Waals surface area contributed by atoms with Gasteiger partial charge in [0.25, 0.3) is 0 Å². The highest BCUT2D eigenvalue weighted by Crippen LogP contribution is 2.32. The monoisotopic (exact) mass is 481 g/mol. The lowest BCUT2D eigenvalue weighted by molar-refractivity contribution is -0.116. The molecule has 2 aliphatic heterocycles. The normalized spacial score (nSPS) is 17.5. The Labute approximate surface area is 178 Å². The van der Waals surface area contributed by atoms with Crippen LogP contribution in [-0.2, 0) is 21.2 Å². The van der Waals surface area contributed by atoms with Crippen molar-refractivity contribution in [2.75, 3.05) is 42.5 Å². The zero-order valence-electron chi connectivity index (χ0n) is 15.9. The quantitative estimate of drug-likeness (QED) is 0.675. The highest BCUT2D eigenvalue weighted by atomic mass is 79.9. The van der Waals surface area contributed by atoms with Crippen molar-refractivity contribution < 1.29 is 17.6 Å². The third-order valence-corrected chi connectivity index (χ3v) is 7.77. The number of anilines is 2. The van der Waals surface area contributed by atoms with E-state index >= 15 is 0 Å². The van der Waals surface area contributed by atoms with Crippen molar-refractivity contribution in [3.63, 3.8) is 0 Å². The molecular formula is C20H21BrFN3O3S. The van der Waals surface area contributed by atoms with Gasteiger partial charge in [0.1, 0.15) is 5.82 Å². The summed E-state index contributed by atoms with van der Waals surface area (Å²) in [4.78, 5) is 15.6. The number of carbonyl (C=O) groups excluding carboxylic acids is 1. The van der Waals surface area contributed by atoms with Crippen LogP contribution < -0.4 is 9.80 Å². The zero-order valence-corrected chi connectivity index (χ0v) is 18.3. The van der Waals surface area contributed by atoms with Crippen LogP contribution in [0.1, 0.15) is 12.5 Å². The third-order valence-electron chi connectivity index (χ3n) is 5.42. The Bertz CT molecular complexity index is 1050. The summed E-state index contributed by atoms with van der Waals surface area (Å²) in [5.74, 6) is -0.373. The number of hydrogen-bond acceptors (Lipinski definition) is 4. The minimum absolute atomic E-state index is 0.0422. The van der Waals surface area contributed by atoms with Crippen molar-refractivity contribution in [1.29, 1.82) is 0 Å². The summed E-state index contributed by atoms with van der Waals surface area (Å²) >= 11 is 3.29. The molecule has 2 heterocycles. The summed E-state index contributed by atoms with van der Waals surface area (Å²) in [6.07, 6.45) is 0.653. The first kappa shape index (κ1) is 20.3. The van der Waals surface area contributed by atoms with Gasteiger partial charge in [-0.15, -0.1) is 0 Å². The highest BCUT2D eigenvalue weighted by Gasteiger charge is 2.31. The summed E-state index contributed by atoms with van der Waals surface area (Å²) < 4.78 is 42.0. The molecule has 1 fully saturated rings. The molecule has 29 heavy (non-hydrogen) atoms. The largest absolute Gasteiger partial charge is 0.369 e. The number of amides is 1. The van der Waals surface area contributed by atoms with E-state index < -0.39 is 10.0 Å². The Morgan fingerprint density at radius 3 is 2.41 bits per heavy atom. The molecule has 0 bridgehead atoms. The van der Waals surface area contributed by atoms with Gasteiger partial charge in [-0.3, -0.25) is 4.79 Å². The Morgan fingerprint density at radius 1 is 1.03 bits per heavy atom. The molecule has 0 spiro atoms. The molecule has 6 nitrogen and oxygen atoms in total. The fourth-order valence-electron chi connectivity index (χ4n) is 3.92. The molecule has 1 saturated heterocycles. The van der Waals surface area contributed by atoms with Crippen LogP contribution in [0.4, 0.5) is 15.8 Å². The molecule has 2 aromatic carbocycles. The minimum Gasteiger partial charge on any atom is -0.369 e. The second-order valence-electron chi connectivity index (χ2n) is 7.23. The van der Waals surface area contributed by atoms with Gasteiger partial charge in [0, 0.05) is 55.5 Å². The van der Waals surface area contributed by atoms with Crippen molar-refractivity contribution in [1.82, 2.24) is 4.31 Å². The zero-order chi connectivity index (χ0) is 20.8. The average molecular weight is 482 g/mol. The third kappa shape index (κ3) is 3.91. The van der Waals surface area contributed by atoms with Crippen LogP contribution >= 0.6 is 15.9 Å². The molecule has 0 N–H and O–H groups in total. The molecule has 0 aliphatic carbocycles. The topological polar surface area (TPSA) is 60.9 Å². The van der Waals surface area contributed by atoms with E-state index in [2.05, 4.69) is 15.9 Å². The molecule has 0 saturated carbocycles. The van der Waals surface area contributed by atoms with Crippen LogP contribution in [0, 0.1) is 5.82 Å². The van der Waals surface area contributed by atoms with Crippen LogP contribution in [0.25, 0.3) is 0 Å². The van der Waals surface area contributed by atoms with Gasteiger partial charge < -0.3 is 9.80 Å². The Balaban J connectivity index is 1.50. The van der Waals surface area contributed by atoms with Gasteiger partial charge in [-0.05, 0) is 48.4 Å². The van der Waals surface area contributed by atoms with Gasteiger partial charge in [-0.1, -0.05) is 15.9 Å². The van der Waals surface area contributed by atoms with Crippen molar-refractivity contribution >= 4 is 43.2 Å². The molecule has 0 aromatic heterocycles. The number of halogens is 2. The van der Waals surface area contributed by atoms with Crippen LogP contribution in [0.5, 0.6) is 0 Å². The number of fused-ring (bicyclic) bond motifs is 1. The van der Waals surface area contributed by atoms with E-state index in [4.69, 9.17) is 0 Å².